The van der Waals surface area contributed by atoms with E-state index in [0.29, 0.717) is 17.3 Å². The molecule has 1 heterocycles. The molecule has 0 aliphatic carbocycles. The summed E-state index contributed by atoms with van der Waals surface area (Å²) in [6.07, 6.45) is 0.583. The molecule has 0 aliphatic heterocycles. The molecule has 1 aromatic carbocycles. The van der Waals surface area contributed by atoms with Crippen molar-refractivity contribution in [3.8, 4) is 6.07 Å². The van der Waals surface area contributed by atoms with Crippen LogP contribution in [0.4, 0.5) is 0 Å². The number of hydrogen-bond donors (Lipinski definition) is 2. The third-order valence-corrected chi connectivity index (χ3v) is 3.01. The van der Waals surface area contributed by atoms with E-state index in [1.54, 1.807) is 24.3 Å². The molecule has 0 bridgehead atoms. The van der Waals surface area contributed by atoms with Crippen molar-refractivity contribution in [3.05, 3.63) is 40.6 Å². The molecule has 2 N–H and O–H groups in total. The van der Waals surface area contributed by atoms with Crippen LogP contribution in [-0.4, -0.2) is 27.1 Å². The van der Waals surface area contributed by atoms with Crippen molar-refractivity contribution in [3.63, 3.8) is 0 Å². The maximum absolute atomic E-state index is 11.3. The van der Waals surface area contributed by atoms with Gasteiger partial charge in [0, 0.05) is 5.39 Å². The van der Waals surface area contributed by atoms with E-state index in [-0.39, 0.29) is 5.56 Å². The lowest BCUT2D eigenvalue weighted by Gasteiger charge is -2.10. The number of nitrogens with zero attached hydrogens (tertiary/aromatic N) is 2. The second-order valence-electron chi connectivity index (χ2n) is 4.10. The predicted molar refractivity (Wildman–Crippen MR) is 69.8 cm³/mol. The SMILES string of the molecule is CCc1cccc2nc(C(=O)O)c(C(=O)O)c(C#N)c12. The normalized spacial score (nSPS) is 10.2. The van der Waals surface area contributed by atoms with Crippen LogP contribution in [0.2, 0.25) is 0 Å². The molecule has 20 heavy (non-hydrogen) atoms. The van der Waals surface area contributed by atoms with E-state index >= 15 is 0 Å². The van der Waals surface area contributed by atoms with Crippen LogP contribution < -0.4 is 0 Å². The Kier molecular flexibility index (Phi) is 3.36. The summed E-state index contributed by atoms with van der Waals surface area (Å²) in [5, 5.41) is 27.9. The molecule has 1 aromatic heterocycles. The molecule has 0 saturated heterocycles. The molecule has 0 atom stereocenters. The quantitative estimate of drug-likeness (QED) is 0.882. The standard InChI is InChI=1S/C14H10N2O4/c1-2-7-4-3-5-9-10(7)8(6-15)11(13(17)18)12(16-9)14(19)20/h3-5H,2H2,1H3,(H,17,18)(H,19,20). The van der Waals surface area contributed by atoms with Gasteiger partial charge in [0.25, 0.3) is 0 Å². The van der Waals surface area contributed by atoms with Crippen LogP contribution in [0.3, 0.4) is 0 Å². The summed E-state index contributed by atoms with van der Waals surface area (Å²) in [6, 6.07) is 6.83. The number of fused-ring (bicyclic) bond motifs is 1. The molecule has 0 amide bonds. The van der Waals surface area contributed by atoms with Crippen molar-refractivity contribution in [2.45, 2.75) is 13.3 Å². The van der Waals surface area contributed by atoms with E-state index in [9.17, 15) is 20.0 Å². The summed E-state index contributed by atoms with van der Waals surface area (Å²) >= 11 is 0. The van der Waals surface area contributed by atoms with Crippen molar-refractivity contribution >= 4 is 22.8 Å². The van der Waals surface area contributed by atoms with Crippen molar-refractivity contribution in [2.75, 3.05) is 0 Å². The second kappa shape index (κ2) is 4.97. The van der Waals surface area contributed by atoms with E-state index in [0.717, 1.165) is 5.56 Å². The Balaban J connectivity index is 3.07. The minimum Gasteiger partial charge on any atom is -0.478 e. The molecular formula is C14H10N2O4. The number of aromatic carboxylic acids is 2. The fourth-order valence-corrected chi connectivity index (χ4v) is 2.16. The highest BCUT2D eigenvalue weighted by atomic mass is 16.4. The van der Waals surface area contributed by atoms with Crippen molar-refractivity contribution in [1.82, 2.24) is 4.98 Å². The Labute approximate surface area is 113 Å². The van der Waals surface area contributed by atoms with Crippen molar-refractivity contribution < 1.29 is 19.8 Å². The molecule has 100 valence electrons. The Hall–Kier alpha value is -2.94. The third-order valence-electron chi connectivity index (χ3n) is 3.01. The van der Waals surface area contributed by atoms with Crippen LogP contribution in [0.5, 0.6) is 0 Å². The number of carbonyl (C=O) groups is 2. The fraction of sp³-hybridized carbons (Fsp3) is 0.143. The molecule has 0 spiro atoms. The highest BCUT2D eigenvalue weighted by molar-refractivity contribution is 6.07. The smallest absolute Gasteiger partial charge is 0.355 e. The summed E-state index contributed by atoms with van der Waals surface area (Å²) in [5.74, 6) is -2.94. The Morgan fingerprint density at radius 2 is 2.00 bits per heavy atom. The van der Waals surface area contributed by atoms with E-state index in [1.807, 2.05) is 6.92 Å². The van der Waals surface area contributed by atoms with Gasteiger partial charge in [-0.15, -0.1) is 0 Å². The highest BCUT2D eigenvalue weighted by Crippen LogP contribution is 2.27. The number of pyridine rings is 1. The van der Waals surface area contributed by atoms with Gasteiger partial charge in [-0.2, -0.15) is 5.26 Å². The van der Waals surface area contributed by atoms with Gasteiger partial charge in [-0.1, -0.05) is 19.1 Å². The monoisotopic (exact) mass is 270 g/mol. The average Bonchev–Trinajstić information content (AvgIpc) is 2.43. The number of hydrogen-bond acceptors (Lipinski definition) is 4. The van der Waals surface area contributed by atoms with E-state index in [1.165, 1.54) is 0 Å². The minimum atomic E-state index is -1.47. The number of aromatic nitrogens is 1. The van der Waals surface area contributed by atoms with Gasteiger partial charge in [0.05, 0.1) is 11.1 Å². The lowest BCUT2D eigenvalue weighted by molar-refractivity contribution is 0.0646. The Bertz CT molecular complexity index is 775. The molecule has 2 aromatic rings. The zero-order valence-corrected chi connectivity index (χ0v) is 10.5. The van der Waals surface area contributed by atoms with Gasteiger partial charge in [0.15, 0.2) is 5.69 Å². The molecule has 0 radical (unpaired) electrons. The zero-order valence-electron chi connectivity index (χ0n) is 10.5. The fourth-order valence-electron chi connectivity index (χ4n) is 2.16. The summed E-state index contributed by atoms with van der Waals surface area (Å²) in [4.78, 5) is 26.3. The van der Waals surface area contributed by atoms with Gasteiger partial charge >= 0.3 is 11.9 Å². The van der Waals surface area contributed by atoms with Crippen LogP contribution in [0.25, 0.3) is 10.9 Å². The van der Waals surface area contributed by atoms with Gasteiger partial charge < -0.3 is 10.2 Å². The Morgan fingerprint density at radius 3 is 2.50 bits per heavy atom. The summed E-state index contributed by atoms with van der Waals surface area (Å²) in [7, 11) is 0. The Morgan fingerprint density at radius 1 is 1.30 bits per heavy atom. The van der Waals surface area contributed by atoms with Gasteiger partial charge in [0.2, 0.25) is 0 Å². The predicted octanol–water partition coefficient (Wildman–Crippen LogP) is 2.07. The van der Waals surface area contributed by atoms with Gasteiger partial charge in [-0.05, 0) is 18.1 Å². The summed E-state index contributed by atoms with van der Waals surface area (Å²) < 4.78 is 0. The lowest BCUT2D eigenvalue weighted by Crippen LogP contribution is -2.14. The maximum Gasteiger partial charge on any atom is 0.355 e. The highest BCUT2D eigenvalue weighted by Gasteiger charge is 2.25. The van der Waals surface area contributed by atoms with Crippen molar-refractivity contribution in [2.24, 2.45) is 0 Å². The number of carboxylic acids is 2. The van der Waals surface area contributed by atoms with Crippen molar-refractivity contribution in [1.29, 1.82) is 5.26 Å². The minimum absolute atomic E-state index is 0.155. The van der Waals surface area contributed by atoms with Crippen LogP contribution in [0.1, 0.15) is 38.9 Å². The largest absolute Gasteiger partial charge is 0.478 e. The first-order valence-corrected chi connectivity index (χ1v) is 5.83. The molecule has 2 rings (SSSR count). The zero-order chi connectivity index (χ0) is 14.9. The molecular weight excluding hydrogens is 260 g/mol. The molecule has 6 heteroatoms. The molecule has 0 aliphatic rings. The van der Waals surface area contributed by atoms with E-state index < -0.39 is 23.2 Å². The summed E-state index contributed by atoms with van der Waals surface area (Å²) in [6.45, 7) is 1.86. The number of nitriles is 1. The van der Waals surface area contributed by atoms with Gasteiger partial charge in [-0.3, -0.25) is 0 Å². The lowest BCUT2D eigenvalue weighted by atomic mass is 9.96. The first-order chi connectivity index (χ1) is 9.51. The maximum atomic E-state index is 11.3. The average molecular weight is 270 g/mol. The van der Waals surface area contributed by atoms with Crippen LogP contribution in [0.15, 0.2) is 18.2 Å². The third kappa shape index (κ3) is 1.95. The number of benzene rings is 1. The number of rotatable bonds is 3. The molecule has 0 saturated carbocycles. The first-order valence-electron chi connectivity index (χ1n) is 5.83. The molecule has 0 unspecified atom stereocenters. The van der Waals surface area contributed by atoms with E-state index in [4.69, 9.17) is 5.11 Å². The van der Waals surface area contributed by atoms with Gasteiger partial charge in [-0.25, -0.2) is 14.6 Å². The van der Waals surface area contributed by atoms with Crippen LogP contribution in [0, 0.1) is 11.3 Å². The first kappa shape index (κ1) is 13.5. The van der Waals surface area contributed by atoms with Gasteiger partial charge in [0.1, 0.15) is 11.6 Å². The number of carboxylic acid groups (broad SMARTS) is 2. The number of aryl methyl sites for hydroxylation is 1. The molecule has 6 nitrogen and oxygen atoms in total. The van der Waals surface area contributed by atoms with Crippen LogP contribution >= 0.6 is 0 Å². The topological polar surface area (TPSA) is 111 Å². The molecule has 0 fully saturated rings. The summed E-state index contributed by atoms with van der Waals surface area (Å²) in [5.41, 5.74) is -0.269. The van der Waals surface area contributed by atoms with Crippen LogP contribution in [-0.2, 0) is 6.42 Å². The second-order valence-corrected chi connectivity index (χ2v) is 4.10. The van der Waals surface area contributed by atoms with E-state index in [2.05, 4.69) is 4.98 Å².